The largest absolute Gasteiger partial charge is 0.490 e. The molecule has 0 saturated carbocycles. The number of rotatable bonds is 9. The molecule has 1 unspecified atom stereocenters. The van der Waals surface area contributed by atoms with Crippen LogP contribution in [-0.2, 0) is 9.53 Å². The molecular formula is C32H31NO3. The maximum Gasteiger partial charge on any atom is 0.330 e. The first kappa shape index (κ1) is 24.8. The van der Waals surface area contributed by atoms with Gasteiger partial charge in [0.2, 0.25) is 0 Å². The number of carbonyl (C=O) groups excluding carboxylic acids is 1. The molecule has 0 aliphatic rings. The van der Waals surface area contributed by atoms with Gasteiger partial charge >= 0.3 is 5.97 Å². The number of hydrogen-bond donors (Lipinski definition) is 0. The maximum absolute atomic E-state index is 11.4. The summed E-state index contributed by atoms with van der Waals surface area (Å²) in [6.45, 7) is 9.65. The number of carbonyl (C=O) groups is 1. The standard InChI is InChI=1S/C32H31NO3/c1-5-32(34)36-25(4)22-35-31-20-18-30(19-21-31)33(28-14-8-24(3)9-15-28)29-16-12-27(13-17-29)26-10-6-23(2)7-11-26/h5-21,25H,1,22H2,2-4H3. The van der Waals surface area contributed by atoms with Crippen LogP contribution in [0.4, 0.5) is 17.1 Å². The van der Waals surface area contributed by atoms with Crippen molar-refractivity contribution in [3.05, 3.63) is 121 Å². The van der Waals surface area contributed by atoms with Crippen LogP contribution >= 0.6 is 0 Å². The van der Waals surface area contributed by atoms with Crippen LogP contribution in [0.2, 0.25) is 0 Å². The number of nitrogens with zero attached hydrogens (tertiary/aromatic N) is 1. The monoisotopic (exact) mass is 477 g/mol. The summed E-state index contributed by atoms with van der Waals surface area (Å²) in [5.41, 5.74) is 7.99. The fourth-order valence-electron chi connectivity index (χ4n) is 3.88. The fraction of sp³-hybridized carbons (Fsp3) is 0.156. The summed E-state index contributed by atoms with van der Waals surface area (Å²) < 4.78 is 11.0. The van der Waals surface area contributed by atoms with E-state index in [1.54, 1.807) is 6.92 Å². The normalized spacial score (nSPS) is 11.4. The smallest absolute Gasteiger partial charge is 0.330 e. The molecule has 4 aromatic rings. The van der Waals surface area contributed by atoms with Gasteiger partial charge in [0.25, 0.3) is 0 Å². The van der Waals surface area contributed by atoms with Crippen LogP contribution < -0.4 is 9.64 Å². The van der Waals surface area contributed by atoms with E-state index >= 15 is 0 Å². The van der Waals surface area contributed by atoms with Crippen LogP contribution in [0.25, 0.3) is 11.1 Å². The Kier molecular flexibility index (Phi) is 7.86. The molecule has 0 radical (unpaired) electrons. The molecule has 0 heterocycles. The van der Waals surface area contributed by atoms with Crippen molar-refractivity contribution in [2.24, 2.45) is 0 Å². The molecule has 0 amide bonds. The number of hydrogen-bond acceptors (Lipinski definition) is 4. The molecule has 0 N–H and O–H groups in total. The molecule has 4 rings (SSSR count). The van der Waals surface area contributed by atoms with Crippen LogP contribution in [0.15, 0.2) is 110 Å². The zero-order chi connectivity index (χ0) is 25.5. The zero-order valence-electron chi connectivity index (χ0n) is 21.0. The van der Waals surface area contributed by atoms with E-state index in [2.05, 4.69) is 98.1 Å². The Hall–Kier alpha value is -4.31. The summed E-state index contributed by atoms with van der Waals surface area (Å²) in [4.78, 5) is 13.6. The summed E-state index contributed by atoms with van der Waals surface area (Å²) in [5, 5.41) is 0. The Bertz CT molecular complexity index is 1290. The highest BCUT2D eigenvalue weighted by Crippen LogP contribution is 2.36. The van der Waals surface area contributed by atoms with Crippen LogP contribution in [-0.4, -0.2) is 18.7 Å². The van der Waals surface area contributed by atoms with Gasteiger partial charge < -0.3 is 14.4 Å². The SMILES string of the molecule is C=CC(=O)OC(C)COc1ccc(N(c2ccc(C)cc2)c2ccc(-c3ccc(C)cc3)cc2)cc1. The molecule has 0 fully saturated rings. The van der Waals surface area contributed by atoms with E-state index in [9.17, 15) is 4.79 Å². The average molecular weight is 478 g/mol. The lowest BCUT2D eigenvalue weighted by atomic mass is 10.0. The van der Waals surface area contributed by atoms with Crippen molar-refractivity contribution in [1.82, 2.24) is 0 Å². The molecule has 4 nitrogen and oxygen atoms in total. The van der Waals surface area contributed by atoms with Crippen LogP contribution in [0.5, 0.6) is 5.75 Å². The molecule has 182 valence electrons. The minimum Gasteiger partial charge on any atom is -0.490 e. The molecule has 1 atom stereocenters. The quantitative estimate of drug-likeness (QED) is 0.181. The molecule has 36 heavy (non-hydrogen) atoms. The van der Waals surface area contributed by atoms with Gasteiger partial charge in [0.05, 0.1) is 0 Å². The first-order chi connectivity index (χ1) is 17.4. The minimum absolute atomic E-state index is 0.265. The maximum atomic E-state index is 11.4. The Morgan fingerprint density at radius 2 is 1.17 bits per heavy atom. The molecule has 0 spiro atoms. The summed E-state index contributed by atoms with van der Waals surface area (Å²) in [6.07, 6.45) is 0.782. The second-order valence-corrected chi connectivity index (χ2v) is 8.84. The van der Waals surface area contributed by atoms with Gasteiger partial charge in [-0.1, -0.05) is 66.2 Å². The van der Waals surface area contributed by atoms with Crippen molar-refractivity contribution in [1.29, 1.82) is 0 Å². The summed E-state index contributed by atoms with van der Waals surface area (Å²) in [5.74, 6) is 0.252. The van der Waals surface area contributed by atoms with E-state index in [-0.39, 0.29) is 12.7 Å². The molecule has 4 aromatic carbocycles. The Labute approximate surface area is 213 Å². The lowest BCUT2D eigenvalue weighted by molar-refractivity contribution is -0.143. The van der Waals surface area contributed by atoms with Crippen LogP contribution in [0.3, 0.4) is 0 Å². The second kappa shape index (κ2) is 11.4. The number of aryl methyl sites for hydroxylation is 2. The van der Waals surface area contributed by atoms with Crippen LogP contribution in [0.1, 0.15) is 18.1 Å². The third kappa shape index (κ3) is 6.22. The van der Waals surface area contributed by atoms with Gasteiger partial charge in [-0.3, -0.25) is 0 Å². The summed E-state index contributed by atoms with van der Waals surface area (Å²) >= 11 is 0. The van der Waals surface area contributed by atoms with Gasteiger partial charge in [-0.25, -0.2) is 4.79 Å². The van der Waals surface area contributed by atoms with E-state index in [1.165, 1.54) is 22.3 Å². The Morgan fingerprint density at radius 1 is 0.750 bits per heavy atom. The predicted octanol–water partition coefficient (Wildman–Crippen LogP) is 7.94. The topological polar surface area (TPSA) is 38.8 Å². The number of ether oxygens (including phenoxy) is 2. The van der Waals surface area contributed by atoms with Crippen LogP contribution in [0, 0.1) is 13.8 Å². The summed E-state index contributed by atoms with van der Waals surface area (Å²) in [6, 6.07) is 33.6. The average Bonchev–Trinajstić information content (AvgIpc) is 2.90. The van der Waals surface area contributed by atoms with E-state index in [4.69, 9.17) is 9.47 Å². The van der Waals surface area contributed by atoms with Crippen molar-refractivity contribution in [3.63, 3.8) is 0 Å². The van der Waals surface area contributed by atoms with E-state index in [0.29, 0.717) is 5.75 Å². The third-order valence-corrected chi connectivity index (χ3v) is 5.87. The van der Waals surface area contributed by atoms with Crippen molar-refractivity contribution >= 4 is 23.0 Å². The third-order valence-electron chi connectivity index (χ3n) is 5.87. The highest BCUT2D eigenvalue weighted by Gasteiger charge is 2.14. The number of esters is 1. The Balaban J connectivity index is 1.57. The van der Waals surface area contributed by atoms with Gasteiger partial charge in [0.15, 0.2) is 0 Å². The van der Waals surface area contributed by atoms with E-state index < -0.39 is 5.97 Å². The van der Waals surface area contributed by atoms with E-state index in [1.807, 2.05) is 24.3 Å². The minimum atomic E-state index is -0.455. The van der Waals surface area contributed by atoms with E-state index in [0.717, 1.165) is 23.1 Å². The molecule has 0 aromatic heterocycles. The zero-order valence-corrected chi connectivity index (χ0v) is 21.0. The predicted molar refractivity (Wildman–Crippen MR) is 147 cm³/mol. The van der Waals surface area contributed by atoms with Crippen molar-refractivity contribution < 1.29 is 14.3 Å². The van der Waals surface area contributed by atoms with Crippen molar-refractivity contribution in [3.8, 4) is 16.9 Å². The first-order valence-electron chi connectivity index (χ1n) is 12.0. The highest BCUT2D eigenvalue weighted by molar-refractivity contribution is 5.81. The van der Waals surface area contributed by atoms with Gasteiger partial charge in [0.1, 0.15) is 18.5 Å². The fourth-order valence-corrected chi connectivity index (χ4v) is 3.88. The molecule has 0 aliphatic heterocycles. The van der Waals surface area contributed by atoms with Gasteiger partial charge in [-0.2, -0.15) is 0 Å². The lowest BCUT2D eigenvalue weighted by Gasteiger charge is -2.26. The molecule has 0 aliphatic carbocycles. The number of benzene rings is 4. The second-order valence-electron chi connectivity index (χ2n) is 8.84. The lowest BCUT2D eigenvalue weighted by Crippen LogP contribution is -2.20. The Morgan fingerprint density at radius 3 is 1.67 bits per heavy atom. The van der Waals surface area contributed by atoms with Gasteiger partial charge in [0, 0.05) is 23.1 Å². The van der Waals surface area contributed by atoms with Gasteiger partial charge in [-0.15, -0.1) is 0 Å². The molecule has 0 saturated heterocycles. The van der Waals surface area contributed by atoms with Crippen molar-refractivity contribution in [2.75, 3.05) is 11.5 Å². The first-order valence-corrected chi connectivity index (χ1v) is 12.0. The summed E-state index contributed by atoms with van der Waals surface area (Å²) in [7, 11) is 0. The van der Waals surface area contributed by atoms with Crippen molar-refractivity contribution in [2.45, 2.75) is 26.9 Å². The molecular weight excluding hydrogens is 446 g/mol. The molecule has 0 bridgehead atoms. The molecule has 4 heteroatoms. The van der Waals surface area contributed by atoms with Gasteiger partial charge in [-0.05, 0) is 80.4 Å². The highest BCUT2D eigenvalue weighted by atomic mass is 16.6. The number of anilines is 3.